The number of carbonyl (C=O) groups is 1. The van der Waals surface area contributed by atoms with E-state index in [0.29, 0.717) is 5.57 Å². The quantitative estimate of drug-likeness (QED) is 0.401. The standard InChI is InChI=1S/C16H28O4/c1-4-5-6-7-8-9-10-11-12-13-14(17)16(2,19-3)20-15(13)18/h12,14,17H,4-11H2,1-3H3. The highest BCUT2D eigenvalue weighted by atomic mass is 16.7. The first-order chi connectivity index (χ1) is 9.55. The summed E-state index contributed by atoms with van der Waals surface area (Å²) >= 11 is 0. The van der Waals surface area contributed by atoms with Gasteiger partial charge in [0.1, 0.15) is 0 Å². The predicted octanol–water partition coefficient (Wildman–Crippen LogP) is 3.33. The molecule has 116 valence electrons. The van der Waals surface area contributed by atoms with Crippen molar-refractivity contribution in [1.29, 1.82) is 0 Å². The molecule has 0 radical (unpaired) electrons. The van der Waals surface area contributed by atoms with Gasteiger partial charge in [-0.2, -0.15) is 0 Å². The minimum Gasteiger partial charge on any atom is -0.427 e. The van der Waals surface area contributed by atoms with Crippen LogP contribution in [0.2, 0.25) is 0 Å². The molecule has 4 nitrogen and oxygen atoms in total. The largest absolute Gasteiger partial charge is 0.427 e. The van der Waals surface area contributed by atoms with Crippen molar-refractivity contribution in [2.24, 2.45) is 0 Å². The fourth-order valence-electron chi connectivity index (χ4n) is 2.40. The molecule has 1 aliphatic rings. The van der Waals surface area contributed by atoms with E-state index in [1.54, 1.807) is 13.0 Å². The van der Waals surface area contributed by atoms with E-state index in [4.69, 9.17) is 9.47 Å². The van der Waals surface area contributed by atoms with Crippen molar-refractivity contribution >= 4 is 5.97 Å². The monoisotopic (exact) mass is 284 g/mol. The van der Waals surface area contributed by atoms with Crippen LogP contribution in [0.15, 0.2) is 11.6 Å². The Bertz CT molecular complexity index is 337. The van der Waals surface area contributed by atoms with E-state index < -0.39 is 17.9 Å². The second-order valence-electron chi connectivity index (χ2n) is 5.58. The number of ether oxygens (including phenoxy) is 2. The maximum atomic E-state index is 11.7. The van der Waals surface area contributed by atoms with E-state index >= 15 is 0 Å². The van der Waals surface area contributed by atoms with Crippen LogP contribution in [-0.4, -0.2) is 30.1 Å². The Labute approximate surface area is 122 Å². The molecule has 1 fully saturated rings. The first-order valence-electron chi connectivity index (χ1n) is 7.71. The highest BCUT2D eigenvalue weighted by Gasteiger charge is 2.48. The van der Waals surface area contributed by atoms with E-state index in [0.717, 1.165) is 12.8 Å². The number of carbonyl (C=O) groups excluding carboxylic acids is 1. The first kappa shape index (κ1) is 17.2. The van der Waals surface area contributed by atoms with Crippen LogP contribution in [0.1, 0.15) is 65.2 Å². The summed E-state index contributed by atoms with van der Waals surface area (Å²) in [5.74, 6) is -1.70. The number of rotatable bonds is 9. The third-order valence-electron chi connectivity index (χ3n) is 3.90. The van der Waals surface area contributed by atoms with Gasteiger partial charge >= 0.3 is 5.97 Å². The molecule has 0 aromatic carbocycles. The summed E-state index contributed by atoms with van der Waals surface area (Å²) in [7, 11) is 1.43. The Hall–Kier alpha value is -0.870. The number of aliphatic hydroxyl groups is 1. The van der Waals surface area contributed by atoms with Gasteiger partial charge in [-0.05, 0) is 12.8 Å². The van der Waals surface area contributed by atoms with Crippen LogP contribution in [0.25, 0.3) is 0 Å². The number of esters is 1. The van der Waals surface area contributed by atoms with Gasteiger partial charge in [0.25, 0.3) is 0 Å². The molecule has 4 heteroatoms. The molecule has 2 atom stereocenters. The lowest BCUT2D eigenvalue weighted by atomic mass is 10.0. The van der Waals surface area contributed by atoms with Gasteiger partial charge in [0.05, 0.1) is 5.57 Å². The lowest BCUT2D eigenvalue weighted by Gasteiger charge is -2.23. The summed E-state index contributed by atoms with van der Waals surface area (Å²) in [5, 5.41) is 10.0. The summed E-state index contributed by atoms with van der Waals surface area (Å²) in [6, 6.07) is 0. The average Bonchev–Trinajstić information content (AvgIpc) is 2.65. The summed E-state index contributed by atoms with van der Waals surface area (Å²) in [6.45, 7) is 3.79. The summed E-state index contributed by atoms with van der Waals surface area (Å²) in [6.07, 6.45) is 10.2. The van der Waals surface area contributed by atoms with Crippen molar-refractivity contribution in [2.75, 3.05) is 7.11 Å². The van der Waals surface area contributed by atoms with Gasteiger partial charge < -0.3 is 14.6 Å². The van der Waals surface area contributed by atoms with Gasteiger partial charge in [-0.15, -0.1) is 0 Å². The number of allylic oxidation sites excluding steroid dienone is 1. The lowest BCUT2D eigenvalue weighted by molar-refractivity contribution is -0.218. The Kier molecular flexibility index (Phi) is 7.24. The lowest BCUT2D eigenvalue weighted by Crippen LogP contribution is -2.38. The highest BCUT2D eigenvalue weighted by Crippen LogP contribution is 2.31. The molecule has 1 N–H and O–H groups in total. The molecule has 1 rings (SSSR count). The van der Waals surface area contributed by atoms with Crippen LogP contribution in [-0.2, 0) is 14.3 Å². The van der Waals surface area contributed by atoms with Crippen molar-refractivity contribution < 1.29 is 19.4 Å². The third kappa shape index (κ3) is 4.60. The topological polar surface area (TPSA) is 55.8 Å². The summed E-state index contributed by atoms with van der Waals surface area (Å²) in [5.41, 5.74) is 0.334. The zero-order chi connectivity index (χ0) is 15.0. The number of unbranched alkanes of at least 4 members (excludes halogenated alkanes) is 7. The van der Waals surface area contributed by atoms with E-state index in [1.807, 2.05) is 0 Å². The molecule has 0 aromatic heterocycles. The second kappa shape index (κ2) is 8.42. The SMILES string of the molecule is CCCCCCCCCC=C1C(=O)OC(C)(OC)C1O. The zero-order valence-corrected chi connectivity index (χ0v) is 13.0. The van der Waals surface area contributed by atoms with Gasteiger partial charge in [-0.25, -0.2) is 4.79 Å². The average molecular weight is 284 g/mol. The molecule has 0 spiro atoms. The van der Waals surface area contributed by atoms with E-state index in [1.165, 1.54) is 45.6 Å². The fraction of sp³-hybridized carbons (Fsp3) is 0.812. The Morgan fingerprint density at radius 1 is 1.25 bits per heavy atom. The van der Waals surface area contributed by atoms with Crippen LogP contribution >= 0.6 is 0 Å². The Morgan fingerprint density at radius 2 is 1.85 bits per heavy atom. The van der Waals surface area contributed by atoms with Gasteiger partial charge in [-0.3, -0.25) is 0 Å². The van der Waals surface area contributed by atoms with E-state index in [9.17, 15) is 9.90 Å². The molecule has 0 aromatic rings. The maximum absolute atomic E-state index is 11.7. The Morgan fingerprint density at radius 3 is 2.40 bits per heavy atom. The number of methoxy groups -OCH3 is 1. The zero-order valence-electron chi connectivity index (χ0n) is 13.0. The molecule has 0 bridgehead atoms. The smallest absolute Gasteiger partial charge is 0.339 e. The molecule has 2 unspecified atom stereocenters. The molecule has 0 saturated carbocycles. The van der Waals surface area contributed by atoms with Crippen LogP contribution in [0.5, 0.6) is 0 Å². The van der Waals surface area contributed by atoms with E-state index in [-0.39, 0.29) is 0 Å². The normalized spacial score (nSPS) is 28.1. The molecule has 0 aliphatic carbocycles. The van der Waals surface area contributed by atoms with Gasteiger partial charge in [0.15, 0.2) is 6.10 Å². The minimum atomic E-state index is -1.23. The second-order valence-corrected chi connectivity index (χ2v) is 5.58. The highest BCUT2D eigenvalue weighted by molar-refractivity contribution is 5.92. The van der Waals surface area contributed by atoms with Crippen LogP contribution in [0, 0.1) is 0 Å². The van der Waals surface area contributed by atoms with Crippen molar-refractivity contribution in [3.05, 3.63) is 11.6 Å². The van der Waals surface area contributed by atoms with Crippen molar-refractivity contribution in [3.8, 4) is 0 Å². The fourth-order valence-corrected chi connectivity index (χ4v) is 2.40. The number of hydrogen-bond donors (Lipinski definition) is 1. The molecule has 1 aliphatic heterocycles. The number of cyclic esters (lactones) is 1. The molecule has 1 saturated heterocycles. The Balaban J connectivity index is 2.27. The molecule has 20 heavy (non-hydrogen) atoms. The van der Waals surface area contributed by atoms with E-state index in [2.05, 4.69) is 6.92 Å². The minimum absolute atomic E-state index is 0.334. The number of aliphatic hydroxyl groups excluding tert-OH is 1. The van der Waals surface area contributed by atoms with Crippen molar-refractivity contribution in [3.63, 3.8) is 0 Å². The third-order valence-corrected chi connectivity index (χ3v) is 3.90. The van der Waals surface area contributed by atoms with Crippen molar-refractivity contribution in [2.45, 2.75) is 77.1 Å². The summed E-state index contributed by atoms with van der Waals surface area (Å²) in [4.78, 5) is 11.7. The van der Waals surface area contributed by atoms with Crippen LogP contribution in [0.3, 0.4) is 0 Å². The first-order valence-corrected chi connectivity index (χ1v) is 7.71. The van der Waals surface area contributed by atoms with Gasteiger partial charge in [0, 0.05) is 14.0 Å². The molecular formula is C16H28O4. The predicted molar refractivity (Wildman–Crippen MR) is 78.2 cm³/mol. The van der Waals surface area contributed by atoms with Crippen LogP contribution in [0.4, 0.5) is 0 Å². The van der Waals surface area contributed by atoms with Crippen molar-refractivity contribution in [1.82, 2.24) is 0 Å². The number of hydrogen-bond acceptors (Lipinski definition) is 4. The van der Waals surface area contributed by atoms with Gasteiger partial charge in [-0.1, -0.05) is 51.5 Å². The molecule has 1 heterocycles. The molecule has 0 amide bonds. The molecular weight excluding hydrogens is 256 g/mol. The van der Waals surface area contributed by atoms with Gasteiger partial charge in [0.2, 0.25) is 5.79 Å². The summed E-state index contributed by atoms with van der Waals surface area (Å²) < 4.78 is 10.1. The maximum Gasteiger partial charge on any atom is 0.339 e. The van der Waals surface area contributed by atoms with Crippen LogP contribution < -0.4 is 0 Å².